The number of carbonyl (C=O) groups excluding carboxylic acids is 1. The molecule has 4 nitrogen and oxygen atoms in total. The summed E-state index contributed by atoms with van der Waals surface area (Å²) in [5.41, 5.74) is 3.01. The molecule has 1 aromatic rings. The lowest BCUT2D eigenvalue weighted by Gasteiger charge is -2.39. The molecule has 0 unspecified atom stereocenters. The fraction of sp³-hybridized carbons (Fsp3) is 0.500. The molecular weight excluding hydrogens is 250 g/mol. The summed E-state index contributed by atoms with van der Waals surface area (Å²) in [4.78, 5) is 15.6. The minimum atomic E-state index is -0.166. The van der Waals surface area contributed by atoms with Crippen molar-refractivity contribution in [3.63, 3.8) is 0 Å². The zero-order chi connectivity index (χ0) is 14.3. The Balaban J connectivity index is 1.80. The number of anilines is 2. The Labute approximate surface area is 119 Å². The molecule has 3 rings (SSSR count). The molecule has 1 aliphatic heterocycles. The highest BCUT2D eigenvalue weighted by Crippen LogP contribution is 2.41. The predicted molar refractivity (Wildman–Crippen MR) is 78.7 cm³/mol. The lowest BCUT2D eigenvalue weighted by Crippen LogP contribution is -2.39. The monoisotopic (exact) mass is 269 g/mol. The summed E-state index contributed by atoms with van der Waals surface area (Å²) in [6.45, 7) is 0.770. The van der Waals surface area contributed by atoms with Gasteiger partial charge >= 0.3 is 0 Å². The zero-order valence-corrected chi connectivity index (χ0v) is 12.0. The first kappa shape index (κ1) is 13.0. The fourth-order valence-corrected chi connectivity index (χ4v) is 3.15. The highest BCUT2D eigenvalue weighted by atomic mass is 16.2. The van der Waals surface area contributed by atoms with Crippen molar-refractivity contribution in [3.8, 4) is 6.07 Å². The third-order valence-electron chi connectivity index (χ3n) is 4.67. The van der Waals surface area contributed by atoms with E-state index in [2.05, 4.69) is 17.0 Å². The van der Waals surface area contributed by atoms with E-state index in [0.717, 1.165) is 42.7 Å². The first-order chi connectivity index (χ1) is 9.54. The minimum Gasteiger partial charge on any atom is -0.373 e. The van der Waals surface area contributed by atoms with E-state index in [1.54, 1.807) is 4.90 Å². The summed E-state index contributed by atoms with van der Waals surface area (Å²) in [6.07, 6.45) is 3.64. The lowest BCUT2D eigenvalue weighted by atomic mass is 9.69. The van der Waals surface area contributed by atoms with E-state index in [1.165, 1.54) is 0 Å². The van der Waals surface area contributed by atoms with Crippen molar-refractivity contribution in [1.29, 1.82) is 5.26 Å². The summed E-state index contributed by atoms with van der Waals surface area (Å²) in [5, 5.41) is 9.33. The Morgan fingerprint density at radius 3 is 2.80 bits per heavy atom. The minimum absolute atomic E-state index is 0.146. The molecule has 20 heavy (non-hydrogen) atoms. The number of fused-ring (bicyclic) bond motifs is 1. The van der Waals surface area contributed by atoms with Crippen LogP contribution >= 0.6 is 0 Å². The third kappa shape index (κ3) is 1.94. The SMILES string of the molecule is CN(CC1(C#N)CCC1)c1ccc2c(c1)CC(=O)N2C. The van der Waals surface area contributed by atoms with E-state index in [9.17, 15) is 10.1 Å². The van der Waals surface area contributed by atoms with Gasteiger partial charge in [0, 0.05) is 32.0 Å². The van der Waals surface area contributed by atoms with Crippen molar-refractivity contribution in [1.82, 2.24) is 0 Å². The van der Waals surface area contributed by atoms with E-state index in [4.69, 9.17) is 0 Å². The molecule has 2 aliphatic rings. The molecule has 0 saturated heterocycles. The van der Waals surface area contributed by atoms with Crippen LogP contribution in [0.2, 0.25) is 0 Å². The number of benzene rings is 1. The number of nitriles is 1. The molecule has 1 amide bonds. The Hall–Kier alpha value is -2.02. The number of rotatable bonds is 3. The highest BCUT2D eigenvalue weighted by Gasteiger charge is 2.38. The van der Waals surface area contributed by atoms with Crippen molar-refractivity contribution >= 4 is 17.3 Å². The first-order valence-corrected chi connectivity index (χ1v) is 7.07. The van der Waals surface area contributed by atoms with Crippen LogP contribution in [0.15, 0.2) is 18.2 Å². The molecule has 0 spiro atoms. The average Bonchev–Trinajstić information content (AvgIpc) is 2.69. The molecule has 1 aromatic carbocycles. The molecule has 1 saturated carbocycles. The Morgan fingerprint density at radius 1 is 1.45 bits per heavy atom. The quantitative estimate of drug-likeness (QED) is 0.846. The van der Waals surface area contributed by atoms with Crippen LogP contribution in [0.4, 0.5) is 11.4 Å². The van der Waals surface area contributed by atoms with E-state index in [1.807, 2.05) is 26.2 Å². The molecule has 0 N–H and O–H groups in total. The average molecular weight is 269 g/mol. The van der Waals surface area contributed by atoms with Crippen molar-refractivity contribution in [2.45, 2.75) is 25.7 Å². The van der Waals surface area contributed by atoms with Gasteiger partial charge in [-0.3, -0.25) is 4.79 Å². The van der Waals surface area contributed by atoms with Gasteiger partial charge in [-0.05, 0) is 36.6 Å². The largest absolute Gasteiger partial charge is 0.373 e. The van der Waals surface area contributed by atoms with Gasteiger partial charge in [-0.2, -0.15) is 5.26 Å². The van der Waals surface area contributed by atoms with Gasteiger partial charge in [0.05, 0.1) is 17.9 Å². The van der Waals surface area contributed by atoms with E-state index < -0.39 is 0 Å². The van der Waals surface area contributed by atoms with Gasteiger partial charge < -0.3 is 9.80 Å². The van der Waals surface area contributed by atoms with Crippen LogP contribution < -0.4 is 9.80 Å². The molecule has 0 atom stereocenters. The second-order valence-corrected chi connectivity index (χ2v) is 6.04. The second-order valence-electron chi connectivity index (χ2n) is 6.04. The van der Waals surface area contributed by atoms with Gasteiger partial charge in [0.25, 0.3) is 0 Å². The zero-order valence-electron chi connectivity index (χ0n) is 12.0. The standard InChI is InChI=1S/C16H19N3O/c1-18(11-16(10-17)6-3-7-16)13-4-5-14-12(8-13)9-15(20)19(14)2/h4-5,8H,3,6-7,9,11H2,1-2H3. The molecule has 4 heteroatoms. The number of amides is 1. The van der Waals surface area contributed by atoms with Crippen LogP contribution in [0.25, 0.3) is 0 Å². The Morgan fingerprint density at radius 2 is 2.20 bits per heavy atom. The van der Waals surface area contributed by atoms with E-state index in [0.29, 0.717) is 6.42 Å². The molecule has 1 heterocycles. The summed E-state index contributed by atoms with van der Waals surface area (Å²) in [6, 6.07) is 8.61. The van der Waals surface area contributed by atoms with Crippen molar-refractivity contribution in [2.24, 2.45) is 5.41 Å². The molecule has 1 aliphatic carbocycles. The fourth-order valence-electron chi connectivity index (χ4n) is 3.15. The van der Waals surface area contributed by atoms with E-state index >= 15 is 0 Å². The maximum Gasteiger partial charge on any atom is 0.231 e. The molecule has 1 fully saturated rings. The second kappa shape index (κ2) is 4.52. The van der Waals surface area contributed by atoms with Gasteiger partial charge in [0.1, 0.15) is 0 Å². The first-order valence-electron chi connectivity index (χ1n) is 7.07. The van der Waals surface area contributed by atoms with Gasteiger partial charge in [-0.1, -0.05) is 6.42 Å². The van der Waals surface area contributed by atoms with Gasteiger partial charge in [0.15, 0.2) is 0 Å². The molecule has 104 valence electrons. The van der Waals surface area contributed by atoms with Crippen LogP contribution in [-0.4, -0.2) is 26.5 Å². The summed E-state index contributed by atoms with van der Waals surface area (Å²) >= 11 is 0. The lowest BCUT2D eigenvalue weighted by molar-refractivity contribution is -0.117. The maximum atomic E-state index is 11.7. The summed E-state index contributed by atoms with van der Waals surface area (Å²) in [5.74, 6) is 0.146. The topological polar surface area (TPSA) is 47.3 Å². The van der Waals surface area contributed by atoms with Crippen molar-refractivity contribution < 1.29 is 4.79 Å². The van der Waals surface area contributed by atoms with E-state index in [-0.39, 0.29) is 11.3 Å². The van der Waals surface area contributed by atoms with Gasteiger partial charge in [-0.25, -0.2) is 0 Å². The van der Waals surface area contributed by atoms with Crippen molar-refractivity contribution in [3.05, 3.63) is 23.8 Å². The molecule has 0 radical (unpaired) electrons. The number of hydrogen-bond donors (Lipinski definition) is 0. The molecule has 0 aromatic heterocycles. The van der Waals surface area contributed by atoms with Crippen LogP contribution in [0.3, 0.4) is 0 Å². The highest BCUT2D eigenvalue weighted by molar-refractivity contribution is 6.01. The number of nitrogens with zero attached hydrogens (tertiary/aromatic N) is 3. The van der Waals surface area contributed by atoms with Crippen LogP contribution in [0, 0.1) is 16.7 Å². The summed E-state index contributed by atoms with van der Waals surface area (Å²) < 4.78 is 0. The van der Waals surface area contributed by atoms with Crippen LogP contribution in [0.1, 0.15) is 24.8 Å². The number of hydrogen-bond acceptors (Lipinski definition) is 3. The Kier molecular flexibility index (Phi) is 2.93. The van der Waals surface area contributed by atoms with Crippen LogP contribution in [0.5, 0.6) is 0 Å². The van der Waals surface area contributed by atoms with Crippen molar-refractivity contribution in [2.75, 3.05) is 30.4 Å². The van der Waals surface area contributed by atoms with Gasteiger partial charge in [0.2, 0.25) is 5.91 Å². The van der Waals surface area contributed by atoms with Gasteiger partial charge in [-0.15, -0.1) is 0 Å². The van der Waals surface area contributed by atoms with Crippen LogP contribution in [-0.2, 0) is 11.2 Å². The predicted octanol–water partition coefficient (Wildman–Crippen LogP) is 2.34. The smallest absolute Gasteiger partial charge is 0.231 e. The summed E-state index contributed by atoms with van der Waals surface area (Å²) in [7, 11) is 3.84. The molecule has 0 bridgehead atoms. The normalized spacial score (nSPS) is 19.2. The number of carbonyl (C=O) groups is 1. The third-order valence-corrected chi connectivity index (χ3v) is 4.67. The maximum absolute atomic E-state index is 11.7. The Bertz CT molecular complexity index is 598. The molecular formula is C16H19N3O. The number of likely N-dealkylation sites (N-methyl/N-ethyl adjacent to an activating group) is 1.